The molecule has 2 aromatic carbocycles. The molecule has 0 saturated carbocycles. The lowest BCUT2D eigenvalue weighted by Gasteiger charge is -2.39. The fourth-order valence-electron chi connectivity index (χ4n) is 3.54. The molecule has 5 nitrogen and oxygen atoms in total. The molecule has 0 unspecified atom stereocenters. The molecule has 0 bridgehead atoms. The molecule has 0 aromatic heterocycles. The minimum atomic E-state index is -0.309. The number of carbonyl (C=O) groups is 2. The van der Waals surface area contributed by atoms with Gasteiger partial charge in [-0.2, -0.15) is 0 Å². The normalized spacial score (nSPS) is 15.8. The van der Waals surface area contributed by atoms with Crippen LogP contribution in [0.2, 0.25) is 0 Å². The number of hydrogen-bond acceptors (Lipinski definition) is 2. The summed E-state index contributed by atoms with van der Waals surface area (Å²) in [4.78, 5) is 26.9. The third-order valence-electron chi connectivity index (χ3n) is 4.84. The Labute approximate surface area is 167 Å². The number of benzene rings is 2. The molecule has 3 amide bonds. The largest absolute Gasteiger partial charge is 0.333 e. The van der Waals surface area contributed by atoms with Gasteiger partial charge in [-0.15, -0.1) is 0 Å². The molecule has 28 heavy (non-hydrogen) atoms. The summed E-state index contributed by atoms with van der Waals surface area (Å²) in [6.07, 6.45) is 0.435. The van der Waals surface area contributed by atoms with Crippen LogP contribution < -0.4 is 15.5 Å². The molecule has 0 spiro atoms. The molecule has 5 heteroatoms. The highest BCUT2D eigenvalue weighted by atomic mass is 16.2. The number of rotatable bonds is 3. The van der Waals surface area contributed by atoms with Crippen molar-refractivity contribution in [2.45, 2.75) is 58.5 Å². The van der Waals surface area contributed by atoms with E-state index in [1.54, 1.807) is 0 Å². The molecule has 0 fully saturated rings. The van der Waals surface area contributed by atoms with Crippen LogP contribution in [0.15, 0.2) is 48.5 Å². The van der Waals surface area contributed by atoms with Crippen LogP contribution >= 0.6 is 0 Å². The van der Waals surface area contributed by atoms with Gasteiger partial charge >= 0.3 is 6.03 Å². The Morgan fingerprint density at radius 2 is 1.79 bits per heavy atom. The van der Waals surface area contributed by atoms with Gasteiger partial charge in [0, 0.05) is 28.7 Å². The third kappa shape index (κ3) is 4.53. The van der Waals surface area contributed by atoms with Crippen LogP contribution in [0.1, 0.15) is 52.2 Å². The fourth-order valence-corrected chi connectivity index (χ4v) is 3.54. The average Bonchev–Trinajstić information content (AvgIpc) is 2.57. The first-order chi connectivity index (χ1) is 13.0. The Morgan fingerprint density at radius 1 is 1.11 bits per heavy atom. The summed E-state index contributed by atoms with van der Waals surface area (Å²) < 4.78 is 0. The molecule has 1 aliphatic rings. The highest BCUT2D eigenvalue weighted by molar-refractivity contribution is 5.99. The Balaban J connectivity index is 1.90. The predicted molar refractivity (Wildman–Crippen MR) is 114 cm³/mol. The summed E-state index contributed by atoms with van der Waals surface area (Å²) in [5, 5.41) is 5.81. The van der Waals surface area contributed by atoms with E-state index in [1.165, 1.54) is 0 Å². The topological polar surface area (TPSA) is 61.4 Å². The van der Waals surface area contributed by atoms with Crippen LogP contribution in [0.4, 0.5) is 16.2 Å². The van der Waals surface area contributed by atoms with Crippen molar-refractivity contribution in [3.63, 3.8) is 0 Å². The number of urea groups is 1. The Hall–Kier alpha value is -2.82. The standard InChI is InChI=1S/C23H29N3O2/c1-22(2,3)25-21(28)24-17-11-12-19-18(13-17)23(4,5)14-20(27)26(19)15-16-9-7-6-8-10-16/h6-13H,14-15H2,1-5H3,(H2,24,25,28). The first-order valence-electron chi connectivity index (χ1n) is 9.63. The summed E-state index contributed by atoms with van der Waals surface area (Å²) >= 11 is 0. The number of amides is 3. The van der Waals surface area contributed by atoms with E-state index >= 15 is 0 Å². The van der Waals surface area contributed by atoms with E-state index in [1.807, 2.05) is 74.2 Å². The molecule has 1 aliphatic heterocycles. The van der Waals surface area contributed by atoms with E-state index in [0.29, 0.717) is 13.0 Å². The minimum absolute atomic E-state index is 0.118. The number of fused-ring (bicyclic) bond motifs is 1. The second kappa shape index (κ2) is 7.30. The predicted octanol–water partition coefficient (Wildman–Crippen LogP) is 4.82. The summed E-state index contributed by atoms with van der Waals surface area (Å²) in [6, 6.07) is 15.5. The molecule has 0 atom stereocenters. The van der Waals surface area contributed by atoms with E-state index in [0.717, 1.165) is 22.5 Å². The average molecular weight is 380 g/mol. The lowest BCUT2D eigenvalue weighted by atomic mass is 9.77. The van der Waals surface area contributed by atoms with Gasteiger partial charge in [-0.3, -0.25) is 4.79 Å². The number of anilines is 2. The lowest BCUT2D eigenvalue weighted by Crippen LogP contribution is -2.43. The Kier molecular flexibility index (Phi) is 5.20. The quantitative estimate of drug-likeness (QED) is 0.803. The highest BCUT2D eigenvalue weighted by Gasteiger charge is 2.36. The van der Waals surface area contributed by atoms with Gasteiger partial charge in [0.15, 0.2) is 0 Å². The van der Waals surface area contributed by atoms with E-state index in [-0.39, 0.29) is 22.9 Å². The number of nitrogens with one attached hydrogen (secondary N) is 2. The maximum atomic E-state index is 12.8. The molecule has 3 rings (SSSR count). The van der Waals surface area contributed by atoms with Crippen molar-refractivity contribution in [2.24, 2.45) is 0 Å². The molecule has 0 aliphatic carbocycles. The SMILES string of the molecule is CC(C)(C)NC(=O)Nc1ccc2c(c1)C(C)(C)CC(=O)N2Cc1ccccc1. The van der Waals surface area contributed by atoms with Crippen molar-refractivity contribution in [2.75, 3.05) is 10.2 Å². The Bertz CT molecular complexity index is 882. The van der Waals surface area contributed by atoms with Gasteiger partial charge in [0.1, 0.15) is 0 Å². The second-order valence-electron chi connectivity index (χ2n) is 9.09. The van der Waals surface area contributed by atoms with Crippen LogP contribution in [0.3, 0.4) is 0 Å². The maximum Gasteiger partial charge on any atom is 0.319 e. The van der Waals surface area contributed by atoms with E-state index < -0.39 is 0 Å². The molecular formula is C23H29N3O2. The van der Waals surface area contributed by atoms with Crippen LogP contribution in [0, 0.1) is 0 Å². The lowest BCUT2D eigenvalue weighted by molar-refractivity contribution is -0.120. The number of nitrogens with zero attached hydrogens (tertiary/aromatic N) is 1. The van der Waals surface area contributed by atoms with E-state index in [2.05, 4.69) is 24.5 Å². The van der Waals surface area contributed by atoms with Crippen molar-refractivity contribution in [3.05, 3.63) is 59.7 Å². The summed E-state index contributed by atoms with van der Waals surface area (Å²) in [5.41, 5.74) is 3.19. The second-order valence-corrected chi connectivity index (χ2v) is 9.09. The van der Waals surface area contributed by atoms with Crippen molar-refractivity contribution >= 4 is 23.3 Å². The zero-order valence-corrected chi connectivity index (χ0v) is 17.3. The highest BCUT2D eigenvalue weighted by Crippen LogP contribution is 2.42. The minimum Gasteiger partial charge on any atom is -0.333 e. The van der Waals surface area contributed by atoms with Gasteiger partial charge in [-0.25, -0.2) is 4.79 Å². The van der Waals surface area contributed by atoms with Crippen molar-refractivity contribution in [3.8, 4) is 0 Å². The van der Waals surface area contributed by atoms with Crippen LogP contribution in [-0.4, -0.2) is 17.5 Å². The van der Waals surface area contributed by atoms with Crippen molar-refractivity contribution in [1.29, 1.82) is 0 Å². The van der Waals surface area contributed by atoms with E-state index in [4.69, 9.17) is 0 Å². The molecule has 148 valence electrons. The van der Waals surface area contributed by atoms with Gasteiger partial charge < -0.3 is 15.5 Å². The summed E-state index contributed by atoms with van der Waals surface area (Å²) in [6.45, 7) is 10.5. The van der Waals surface area contributed by atoms with Crippen LogP contribution in [-0.2, 0) is 16.8 Å². The fraction of sp³-hybridized carbons (Fsp3) is 0.391. The van der Waals surface area contributed by atoms with Crippen LogP contribution in [0.25, 0.3) is 0 Å². The van der Waals surface area contributed by atoms with E-state index in [9.17, 15) is 9.59 Å². The van der Waals surface area contributed by atoms with Gasteiger partial charge in [-0.1, -0.05) is 44.2 Å². The molecule has 2 aromatic rings. The van der Waals surface area contributed by atoms with Gasteiger partial charge in [0.05, 0.1) is 6.54 Å². The zero-order valence-electron chi connectivity index (χ0n) is 17.3. The van der Waals surface area contributed by atoms with Crippen molar-refractivity contribution in [1.82, 2.24) is 5.32 Å². The molecule has 1 heterocycles. The maximum absolute atomic E-state index is 12.8. The summed E-state index contributed by atoms with van der Waals surface area (Å²) in [5.74, 6) is 0.118. The number of carbonyl (C=O) groups excluding carboxylic acids is 2. The zero-order chi connectivity index (χ0) is 20.5. The van der Waals surface area contributed by atoms with Crippen molar-refractivity contribution < 1.29 is 9.59 Å². The molecule has 0 saturated heterocycles. The molecule has 0 radical (unpaired) electrons. The molecular weight excluding hydrogens is 350 g/mol. The first-order valence-corrected chi connectivity index (χ1v) is 9.63. The summed E-state index contributed by atoms with van der Waals surface area (Å²) in [7, 11) is 0. The third-order valence-corrected chi connectivity index (χ3v) is 4.84. The van der Waals surface area contributed by atoms with Crippen LogP contribution in [0.5, 0.6) is 0 Å². The van der Waals surface area contributed by atoms with Gasteiger partial charge in [-0.05, 0) is 50.1 Å². The Morgan fingerprint density at radius 3 is 2.43 bits per heavy atom. The van der Waals surface area contributed by atoms with Gasteiger partial charge in [0.2, 0.25) is 5.91 Å². The number of hydrogen-bond donors (Lipinski definition) is 2. The monoisotopic (exact) mass is 379 g/mol. The smallest absolute Gasteiger partial charge is 0.319 e. The first kappa shape index (κ1) is 19.9. The molecule has 2 N–H and O–H groups in total. The van der Waals surface area contributed by atoms with Gasteiger partial charge in [0.25, 0.3) is 0 Å².